The molecule has 0 atom stereocenters. The van der Waals surface area contributed by atoms with E-state index in [9.17, 15) is 9.90 Å². The van der Waals surface area contributed by atoms with Gasteiger partial charge in [0.1, 0.15) is 5.75 Å². The minimum absolute atomic E-state index is 0.0524. The third kappa shape index (κ3) is 4.04. The molecule has 2 N–H and O–H groups in total. The van der Waals surface area contributed by atoms with Crippen molar-refractivity contribution in [2.24, 2.45) is 0 Å². The molecule has 2 amide bonds. The molecule has 0 unspecified atom stereocenters. The standard InChI is InChI=1S/C22H23N3O2/c26-19-8-3-5-17(15-19)16-24-11-13-25(14-12-24)22(27)23-21-10-4-7-18-6-1-2-9-20(18)21/h1-10,15,26H,11-14,16H2,(H,23,27). The third-order valence-electron chi connectivity index (χ3n) is 5.01. The summed E-state index contributed by atoms with van der Waals surface area (Å²) in [4.78, 5) is 16.8. The number of piperazine rings is 1. The van der Waals surface area contributed by atoms with Crippen molar-refractivity contribution in [2.45, 2.75) is 6.54 Å². The zero-order valence-electron chi connectivity index (χ0n) is 15.1. The maximum Gasteiger partial charge on any atom is 0.321 e. The Labute approximate surface area is 158 Å². The van der Waals surface area contributed by atoms with Gasteiger partial charge in [-0.15, -0.1) is 0 Å². The first kappa shape index (κ1) is 17.4. The molecule has 1 aliphatic heterocycles. The Balaban J connectivity index is 1.36. The van der Waals surface area contributed by atoms with Crippen LogP contribution >= 0.6 is 0 Å². The highest BCUT2D eigenvalue weighted by molar-refractivity contribution is 6.01. The molecule has 3 aromatic carbocycles. The van der Waals surface area contributed by atoms with E-state index < -0.39 is 0 Å². The number of carbonyl (C=O) groups excluding carboxylic acids is 1. The lowest BCUT2D eigenvalue weighted by molar-refractivity contribution is 0.143. The summed E-state index contributed by atoms with van der Waals surface area (Å²) in [7, 11) is 0. The summed E-state index contributed by atoms with van der Waals surface area (Å²) in [6.07, 6.45) is 0. The molecule has 0 saturated carbocycles. The molecular formula is C22H23N3O2. The van der Waals surface area contributed by atoms with E-state index in [1.165, 1.54) is 0 Å². The van der Waals surface area contributed by atoms with E-state index >= 15 is 0 Å². The fourth-order valence-corrected chi connectivity index (χ4v) is 3.55. The van der Waals surface area contributed by atoms with Crippen LogP contribution in [0.4, 0.5) is 10.5 Å². The molecule has 0 aliphatic carbocycles. The highest BCUT2D eigenvalue weighted by Gasteiger charge is 2.21. The number of nitrogens with zero attached hydrogens (tertiary/aromatic N) is 2. The average molecular weight is 361 g/mol. The molecule has 1 heterocycles. The van der Waals surface area contributed by atoms with E-state index in [-0.39, 0.29) is 6.03 Å². The molecule has 1 fully saturated rings. The maximum atomic E-state index is 12.7. The second kappa shape index (κ2) is 7.68. The van der Waals surface area contributed by atoms with E-state index in [0.29, 0.717) is 18.8 Å². The topological polar surface area (TPSA) is 55.8 Å². The van der Waals surface area contributed by atoms with Gasteiger partial charge in [-0.3, -0.25) is 4.90 Å². The molecule has 1 saturated heterocycles. The Bertz CT molecular complexity index is 944. The summed E-state index contributed by atoms with van der Waals surface area (Å²) in [5, 5.41) is 14.8. The van der Waals surface area contributed by atoms with Crippen molar-refractivity contribution in [3.8, 4) is 5.75 Å². The highest BCUT2D eigenvalue weighted by Crippen LogP contribution is 2.23. The SMILES string of the molecule is O=C(Nc1cccc2ccccc12)N1CCN(Cc2cccc(O)c2)CC1. The first-order valence-corrected chi connectivity index (χ1v) is 9.23. The summed E-state index contributed by atoms with van der Waals surface area (Å²) in [5.41, 5.74) is 1.93. The number of carbonyl (C=O) groups is 1. The monoisotopic (exact) mass is 361 g/mol. The molecule has 0 radical (unpaired) electrons. The van der Waals surface area contributed by atoms with Gasteiger partial charge in [-0.2, -0.15) is 0 Å². The smallest absolute Gasteiger partial charge is 0.321 e. The van der Waals surface area contributed by atoms with Crippen molar-refractivity contribution in [2.75, 3.05) is 31.5 Å². The van der Waals surface area contributed by atoms with Crippen LogP contribution in [0.1, 0.15) is 5.56 Å². The zero-order chi connectivity index (χ0) is 18.6. The summed E-state index contributed by atoms with van der Waals surface area (Å²) in [6, 6.07) is 21.3. The van der Waals surface area contributed by atoms with Crippen LogP contribution in [0.3, 0.4) is 0 Å². The van der Waals surface area contributed by atoms with Gasteiger partial charge in [-0.1, -0.05) is 48.5 Å². The lowest BCUT2D eigenvalue weighted by Crippen LogP contribution is -2.49. The van der Waals surface area contributed by atoms with Crippen molar-refractivity contribution < 1.29 is 9.90 Å². The molecule has 4 rings (SSSR count). The lowest BCUT2D eigenvalue weighted by Gasteiger charge is -2.34. The number of rotatable bonds is 3. The van der Waals surface area contributed by atoms with Crippen LogP contribution in [0.5, 0.6) is 5.75 Å². The van der Waals surface area contributed by atoms with Gasteiger partial charge in [0.25, 0.3) is 0 Å². The molecule has 0 spiro atoms. The largest absolute Gasteiger partial charge is 0.508 e. The Morgan fingerprint density at radius 3 is 2.48 bits per heavy atom. The number of phenols is 1. The number of fused-ring (bicyclic) bond motifs is 1. The zero-order valence-corrected chi connectivity index (χ0v) is 15.1. The average Bonchev–Trinajstić information content (AvgIpc) is 2.69. The van der Waals surface area contributed by atoms with Crippen LogP contribution in [0, 0.1) is 0 Å². The first-order valence-electron chi connectivity index (χ1n) is 9.23. The molecule has 5 nitrogen and oxygen atoms in total. The predicted molar refractivity (Wildman–Crippen MR) is 108 cm³/mol. The Morgan fingerprint density at radius 2 is 1.67 bits per heavy atom. The predicted octanol–water partition coefficient (Wildman–Crippen LogP) is 3.90. The molecule has 5 heteroatoms. The fourth-order valence-electron chi connectivity index (χ4n) is 3.55. The lowest BCUT2D eigenvalue weighted by atomic mass is 10.1. The quantitative estimate of drug-likeness (QED) is 0.744. The Morgan fingerprint density at radius 1 is 0.926 bits per heavy atom. The van der Waals surface area contributed by atoms with Crippen molar-refractivity contribution in [3.63, 3.8) is 0 Å². The molecule has 27 heavy (non-hydrogen) atoms. The van der Waals surface area contributed by atoms with Crippen LogP contribution < -0.4 is 5.32 Å². The number of amides is 2. The molecule has 1 aliphatic rings. The second-order valence-electron chi connectivity index (χ2n) is 6.89. The summed E-state index contributed by atoms with van der Waals surface area (Å²) in [5.74, 6) is 0.292. The van der Waals surface area contributed by atoms with Crippen LogP contribution in [-0.2, 0) is 6.54 Å². The molecular weight excluding hydrogens is 338 g/mol. The van der Waals surface area contributed by atoms with Crippen molar-refractivity contribution >= 4 is 22.5 Å². The number of hydrogen-bond donors (Lipinski definition) is 2. The summed E-state index contributed by atoms with van der Waals surface area (Å²) in [6.45, 7) is 3.80. The number of phenolic OH excluding ortho intramolecular Hbond substituents is 1. The second-order valence-corrected chi connectivity index (χ2v) is 6.89. The Kier molecular flexibility index (Phi) is 4.94. The van der Waals surface area contributed by atoms with E-state index in [1.54, 1.807) is 12.1 Å². The number of benzene rings is 3. The number of anilines is 1. The minimum Gasteiger partial charge on any atom is -0.508 e. The fraction of sp³-hybridized carbons (Fsp3) is 0.227. The van der Waals surface area contributed by atoms with E-state index in [4.69, 9.17) is 0 Å². The highest BCUT2D eigenvalue weighted by atomic mass is 16.3. The molecule has 0 aromatic heterocycles. The molecule has 138 valence electrons. The van der Waals surface area contributed by atoms with Crippen LogP contribution in [0.25, 0.3) is 10.8 Å². The van der Waals surface area contributed by atoms with Gasteiger partial charge in [0.05, 0.1) is 5.69 Å². The first-order chi connectivity index (χ1) is 13.2. The van der Waals surface area contributed by atoms with Crippen molar-refractivity contribution in [1.29, 1.82) is 0 Å². The van der Waals surface area contributed by atoms with Crippen LogP contribution in [0.15, 0.2) is 66.7 Å². The van der Waals surface area contributed by atoms with Gasteiger partial charge in [0, 0.05) is 38.1 Å². The van der Waals surface area contributed by atoms with Gasteiger partial charge in [-0.25, -0.2) is 4.79 Å². The maximum absolute atomic E-state index is 12.7. The minimum atomic E-state index is -0.0524. The van der Waals surface area contributed by atoms with Gasteiger partial charge in [-0.05, 0) is 29.1 Å². The number of urea groups is 1. The summed E-state index contributed by atoms with van der Waals surface area (Å²) < 4.78 is 0. The molecule has 3 aromatic rings. The Hall–Kier alpha value is -3.05. The summed E-state index contributed by atoms with van der Waals surface area (Å²) >= 11 is 0. The van der Waals surface area contributed by atoms with Crippen LogP contribution in [-0.4, -0.2) is 47.1 Å². The van der Waals surface area contributed by atoms with Crippen molar-refractivity contribution in [3.05, 3.63) is 72.3 Å². The van der Waals surface area contributed by atoms with Gasteiger partial charge < -0.3 is 15.3 Å². The van der Waals surface area contributed by atoms with Gasteiger partial charge in [0.15, 0.2) is 0 Å². The van der Waals surface area contributed by atoms with Crippen LogP contribution in [0.2, 0.25) is 0 Å². The number of hydrogen-bond acceptors (Lipinski definition) is 3. The van der Waals surface area contributed by atoms with E-state index in [2.05, 4.69) is 10.2 Å². The third-order valence-corrected chi connectivity index (χ3v) is 5.01. The number of nitrogens with one attached hydrogen (secondary N) is 1. The van der Waals surface area contributed by atoms with Gasteiger partial charge in [0.2, 0.25) is 0 Å². The van der Waals surface area contributed by atoms with E-state index in [1.807, 2.05) is 59.5 Å². The van der Waals surface area contributed by atoms with E-state index in [0.717, 1.165) is 41.7 Å². The molecule has 0 bridgehead atoms. The van der Waals surface area contributed by atoms with Crippen molar-refractivity contribution in [1.82, 2.24) is 9.80 Å². The normalized spacial score (nSPS) is 15.0. The van der Waals surface area contributed by atoms with Gasteiger partial charge >= 0.3 is 6.03 Å². The number of aromatic hydroxyl groups is 1.